The maximum atomic E-state index is 13.0. The third-order valence-corrected chi connectivity index (χ3v) is 2.83. The van der Waals surface area contributed by atoms with E-state index >= 15 is 0 Å². The van der Waals surface area contributed by atoms with Crippen LogP contribution >= 0.6 is 0 Å². The predicted molar refractivity (Wildman–Crippen MR) is 72.0 cm³/mol. The van der Waals surface area contributed by atoms with Gasteiger partial charge < -0.3 is 9.30 Å². The van der Waals surface area contributed by atoms with Gasteiger partial charge in [0, 0.05) is 18.8 Å². The van der Waals surface area contributed by atoms with Crippen molar-refractivity contribution in [1.82, 2.24) is 4.57 Å². The van der Waals surface area contributed by atoms with Crippen molar-refractivity contribution < 1.29 is 18.3 Å². The van der Waals surface area contributed by atoms with Crippen LogP contribution in [0.3, 0.4) is 0 Å². The van der Waals surface area contributed by atoms with Gasteiger partial charge in [0.25, 0.3) is 0 Å². The molecule has 0 aliphatic rings. The number of benzene rings is 1. The van der Waals surface area contributed by atoms with Crippen molar-refractivity contribution in [3.05, 3.63) is 70.1 Å². The van der Waals surface area contributed by atoms with E-state index in [1.807, 2.05) is 0 Å². The van der Waals surface area contributed by atoms with Crippen molar-refractivity contribution in [2.24, 2.45) is 0 Å². The molecule has 6 heteroatoms. The summed E-state index contributed by atoms with van der Waals surface area (Å²) in [4.78, 5) is 23.0. The molecule has 0 saturated carbocycles. The number of aryl methyl sites for hydroxylation is 1. The lowest BCUT2D eigenvalue weighted by atomic mass is 10.2. The van der Waals surface area contributed by atoms with Crippen LogP contribution in [0.5, 0.6) is 0 Å². The first-order chi connectivity index (χ1) is 10.1. The Kier molecular flexibility index (Phi) is 4.81. The summed E-state index contributed by atoms with van der Waals surface area (Å²) < 4.78 is 32.1. The summed E-state index contributed by atoms with van der Waals surface area (Å²) in [6, 6.07) is 7.63. The van der Waals surface area contributed by atoms with E-state index in [9.17, 15) is 18.4 Å². The normalized spacial score (nSPS) is 10.4. The molecule has 0 amide bonds. The Morgan fingerprint density at radius 2 is 1.95 bits per heavy atom. The number of halogens is 2. The highest BCUT2D eigenvalue weighted by Gasteiger charge is 2.10. The zero-order valence-corrected chi connectivity index (χ0v) is 11.1. The minimum Gasteiger partial charge on any atom is -0.462 e. The SMILES string of the molecule is O=C(OCCCn1ccccc1=O)c1ccc(F)c(F)c1. The largest absolute Gasteiger partial charge is 0.462 e. The van der Waals surface area contributed by atoms with Gasteiger partial charge in [-0.3, -0.25) is 4.79 Å². The highest BCUT2D eigenvalue weighted by atomic mass is 19.2. The van der Waals surface area contributed by atoms with Gasteiger partial charge >= 0.3 is 5.97 Å². The molecule has 0 unspecified atom stereocenters. The van der Waals surface area contributed by atoms with E-state index in [1.165, 1.54) is 10.6 Å². The highest BCUT2D eigenvalue weighted by molar-refractivity contribution is 5.89. The van der Waals surface area contributed by atoms with Gasteiger partial charge in [-0.1, -0.05) is 6.07 Å². The molecule has 0 atom stereocenters. The van der Waals surface area contributed by atoms with Gasteiger partial charge in [0.15, 0.2) is 11.6 Å². The van der Waals surface area contributed by atoms with E-state index in [-0.39, 0.29) is 17.7 Å². The molecule has 1 aromatic carbocycles. The first-order valence-electron chi connectivity index (χ1n) is 6.35. The molecule has 21 heavy (non-hydrogen) atoms. The molecule has 2 aromatic rings. The number of hydrogen-bond acceptors (Lipinski definition) is 3. The van der Waals surface area contributed by atoms with Gasteiger partial charge in [-0.15, -0.1) is 0 Å². The maximum Gasteiger partial charge on any atom is 0.338 e. The molecule has 0 spiro atoms. The van der Waals surface area contributed by atoms with E-state index in [0.717, 1.165) is 18.2 Å². The topological polar surface area (TPSA) is 48.3 Å². The van der Waals surface area contributed by atoms with Crippen molar-refractivity contribution in [2.45, 2.75) is 13.0 Å². The summed E-state index contributed by atoms with van der Waals surface area (Å²) in [5, 5.41) is 0. The molecule has 0 radical (unpaired) electrons. The number of ether oxygens (including phenoxy) is 1. The molecule has 0 saturated heterocycles. The van der Waals surface area contributed by atoms with Crippen molar-refractivity contribution in [2.75, 3.05) is 6.61 Å². The molecular formula is C15H13F2NO3. The number of pyridine rings is 1. The van der Waals surface area contributed by atoms with E-state index < -0.39 is 17.6 Å². The summed E-state index contributed by atoms with van der Waals surface area (Å²) in [6.07, 6.45) is 2.08. The second kappa shape index (κ2) is 6.78. The number of nitrogens with zero attached hydrogens (tertiary/aromatic N) is 1. The molecular weight excluding hydrogens is 280 g/mol. The van der Waals surface area contributed by atoms with Gasteiger partial charge in [-0.25, -0.2) is 13.6 Å². The van der Waals surface area contributed by atoms with E-state index in [0.29, 0.717) is 13.0 Å². The summed E-state index contributed by atoms with van der Waals surface area (Å²) >= 11 is 0. The Bertz CT molecular complexity index is 697. The van der Waals surface area contributed by atoms with Gasteiger partial charge in [-0.2, -0.15) is 0 Å². The number of aromatic nitrogens is 1. The fraction of sp³-hybridized carbons (Fsp3) is 0.200. The van der Waals surface area contributed by atoms with Crippen LogP contribution in [-0.4, -0.2) is 17.1 Å². The Morgan fingerprint density at radius 3 is 2.67 bits per heavy atom. The standard InChI is InChI=1S/C15H13F2NO3/c16-12-6-5-11(10-13(12)17)15(20)21-9-3-8-18-7-2-1-4-14(18)19/h1-2,4-7,10H,3,8-9H2. The lowest BCUT2D eigenvalue weighted by Crippen LogP contribution is -2.19. The van der Waals surface area contributed by atoms with Crippen molar-refractivity contribution in [1.29, 1.82) is 0 Å². The monoisotopic (exact) mass is 293 g/mol. The fourth-order valence-corrected chi connectivity index (χ4v) is 1.75. The van der Waals surface area contributed by atoms with E-state index in [1.54, 1.807) is 18.3 Å². The molecule has 0 N–H and O–H groups in total. The molecule has 0 fully saturated rings. The molecule has 110 valence electrons. The average Bonchev–Trinajstić information content (AvgIpc) is 2.48. The lowest BCUT2D eigenvalue weighted by molar-refractivity contribution is 0.0495. The van der Waals surface area contributed by atoms with Crippen molar-refractivity contribution >= 4 is 5.97 Å². The number of carbonyl (C=O) groups is 1. The van der Waals surface area contributed by atoms with E-state index in [4.69, 9.17) is 4.74 Å². The highest BCUT2D eigenvalue weighted by Crippen LogP contribution is 2.09. The Labute approximate surface area is 119 Å². The number of hydrogen-bond donors (Lipinski definition) is 0. The van der Waals surface area contributed by atoms with Crippen LogP contribution in [0.4, 0.5) is 8.78 Å². The molecule has 2 rings (SSSR count). The Morgan fingerprint density at radius 1 is 1.14 bits per heavy atom. The van der Waals surface area contributed by atoms with Crippen LogP contribution < -0.4 is 5.56 Å². The van der Waals surface area contributed by atoms with Crippen LogP contribution in [-0.2, 0) is 11.3 Å². The minimum absolute atomic E-state index is 0.0502. The Hall–Kier alpha value is -2.50. The zero-order valence-electron chi connectivity index (χ0n) is 11.1. The zero-order chi connectivity index (χ0) is 15.2. The van der Waals surface area contributed by atoms with Crippen LogP contribution in [0.25, 0.3) is 0 Å². The summed E-state index contributed by atoms with van der Waals surface area (Å²) in [7, 11) is 0. The molecule has 0 aliphatic heterocycles. The molecule has 4 nitrogen and oxygen atoms in total. The smallest absolute Gasteiger partial charge is 0.338 e. The minimum atomic E-state index is -1.10. The second-order valence-electron chi connectivity index (χ2n) is 4.35. The molecule has 0 bridgehead atoms. The van der Waals surface area contributed by atoms with Crippen molar-refractivity contribution in [3.63, 3.8) is 0 Å². The van der Waals surface area contributed by atoms with Crippen molar-refractivity contribution in [3.8, 4) is 0 Å². The van der Waals surface area contributed by atoms with Crippen LogP contribution in [0, 0.1) is 11.6 Å². The van der Waals surface area contributed by atoms with Crippen LogP contribution in [0.1, 0.15) is 16.8 Å². The molecule has 1 aromatic heterocycles. The molecule has 1 heterocycles. The first-order valence-corrected chi connectivity index (χ1v) is 6.35. The number of carbonyl (C=O) groups excluding carboxylic acids is 1. The summed E-state index contributed by atoms with van der Waals surface area (Å²) in [6.45, 7) is 0.490. The maximum absolute atomic E-state index is 13.0. The van der Waals surface area contributed by atoms with Gasteiger partial charge in [0.2, 0.25) is 5.56 Å². The summed E-state index contributed by atoms with van der Waals surface area (Å²) in [5.74, 6) is -2.84. The van der Waals surface area contributed by atoms with Crippen LogP contribution in [0.2, 0.25) is 0 Å². The van der Waals surface area contributed by atoms with Gasteiger partial charge in [0.1, 0.15) is 0 Å². The second-order valence-corrected chi connectivity index (χ2v) is 4.35. The number of rotatable bonds is 5. The third kappa shape index (κ3) is 3.98. The molecule has 0 aliphatic carbocycles. The van der Waals surface area contributed by atoms with Gasteiger partial charge in [-0.05, 0) is 30.7 Å². The van der Waals surface area contributed by atoms with E-state index in [2.05, 4.69) is 0 Å². The third-order valence-electron chi connectivity index (χ3n) is 2.83. The average molecular weight is 293 g/mol. The van der Waals surface area contributed by atoms with Gasteiger partial charge in [0.05, 0.1) is 12.2 Å². The predicted octanol–water partition coefficient (Wildman–Crippen LogP) is 2.37. The quantitative estimate of drug-likeness (QED) is 0.628. The van der Waals surface area contributed by atoms with Crippen LogP contribution in [0.15, 0.2) is 47.4 Å². The summed E-state index contributed by atoms with van der Waals surface area (Å²) in [5.41, 5.74) is -0.185. The number of esters is 1. The fourth-order valence-electron chi connectivity index (χ4n) is 1.75. The first kappa shape index (κ1) is 14.9. The lowest BCUT2D eigenvalue weighted by Gasteiger charge is -2.07. The Balaban J connectivity index is 1.83.